The highest BCUT2D eigenvalue weighted by molar-refractivity contribution is 5.96. The van der Waals surface area contributed by atoms with E-state index in [2.05, 4.69) is 0 Å². The summed E-state index contributed by atoms with van der Waals surface area (Å²) >= 11 is 0. The summed E-state index contributed by atoms with van der Waals surface area (Å²) in [6.07, 6.45) is 0.672. The topological polar surface area (TPSA) is 20.3 Å². The minimum absolute atomic E-state index is 0.0966. The van der Waals surface area contributed by atoms with Crippen LogP contribution in [-0.2, 0) is 17.6 Å². The van der Waals surface area contributed by atoms with E-state index in [1.54, 1.807) is 4.90 Å². The van der Waals surface area contributed by atoms with Gasteiger partial charge in [-0.3, -0.25) is 4.79 Å². The fourth-order valence-corrected chi connectivity index (χ4v) is 2.53. The second-order valence-electron chi connectivity index (χ2n) is 4.84. The Kier molecular flexibility index (Phi) is 3.22. The molecule has 20 heavy (non-hydrogen) atoms. The van der Waals surface area contributed by atoms with Crippen LogP contribution in [0.25, 0.3) is 0 Å². The Morgan fingerprint density at radius 3 is 2.80 bits per heavy atom. The number of fused-ring (bicyclic) bond motifs is 1. The highest BCUT2D eigenvalue weighted by atomic mass is 19.1. The number of para-hydroxylation sites is 1. The van der Waals surface area contributed by atoms with E-state index in [1.807, 2.05) is 24.3 Å². The van der Waals surface area contributed by atoms with Crippen LogP contribution in [0.4, 0.5) is 14.5 Å². The number of carbonyl (C=O) groups is 1. The summed E-state index contributed by atoms with van der Waals surface area (Å²) in [5, 5.41) is 0. The van der Waals surface area contributed by atoms with Gasteiger partial charge in [-0.25, -0.2) is 8.78 Å². The molecule has 0 aromatic heterocycles. The minimum Gasteiger partial charge on any atom is -0.312 e. The van der Waals surface area contributed by atoms with Gasteiger partial charge >= 0.3 is 0 Å². The van der Waals surface area contributed by atoms with Gasteiger partial charge in [-0.15, -0.1) is 0 Å². The minimum atomic E-state index is -0.549. The van der Waals surface area contributed by atoms with Gasteiger partial charge in [0.05, 0.1) is 6.42 Å². The summed E-state index contributed by atoms with van der Waals surface area (Å²) in [6, 6.07) is 10.8. The van der Waals surface area contributed by atoms with Crippen LogP contribution in [0.2, 0.25) is 0 Å². The molecule has 2 nitrogen and oxygen atoms in total. The molecule has 102 valence electrons. The molecule has 0 bridgehead atoms. The van der Waals surface area contributed by atoms with Crippen LogP contribution in [0.15, 0.2) is 42.5 Å². The molecule has 1 amide bonds. The van der Waals surface area contributed by atoms with Crippen molar-refractivity contribution in [1.29, 1.82) is 0 Å². The lowest BCUT2D eigenvalue weighted by molar-refractivity contribution is -0.117. The van der Waals surface area contributed by atoms with Crippen molar-refractivity contribution in [3.05, 3.63) is 65.2 Å². The van der Waals surface area contributed by atoms with E-state index < -0.39 is 11.6 Å². The first-order valence-corrected chi connectivity index (χ1v) is 6.47. The first kappa shape index (κ1) is 12.8. The third-order valence-corrected chi connectivity index (χ3v) is 3.54. The molecule has 1 heterocycles. The molecule has 3 rings (SSSR count). The van der Waals surface area contributed by atoms with Crippen LogP contribution in [0.1, 0.15) is 11.1 Å². The number of halogens is 2. The normalized spacial score (nSPS) is 13.4. The van der Waals surface area contributed by atoms with Gasteiger partial charge in [-0.2, -0.15) is 0 Å². The summed E-state index contributed by atoms with van der Waals surface area (Å²) in [5.41, 5.74) is 2.08. The molecule has 0 radical (unpaired) electrons. The molecule has 0 aliphatic carbocycles. The molecular formula is C16H13F2NO. The maximum Gasteiger partial charge on any atom is 0.231 e. The van der Waals surface area contributed by atoms with E-state index in [4.69, 9.17) is 0 Å². The molecule has 0 saturated carbocycles. The number of amides is 1. The molecule has 4 heteroatoms. The van der Waals surface area contributed by atoms with Gasteiger partial charge in [-0.05, 0) is 36.2 Å². The molecule has 1 aliphatic rings. The van der Waals surface area contributed by atoms with Crippen molar-refractivity contribution >= 4 is 11.6 Å². The molecule has 1 aliphatic heterocycles. The number of hydrogen-bond acceptors (Lipinski definition) is 1. The van der Waals surface area contributed by atoms with E-state index >= 15 is 0 Å². The van der Waals surface area contributed by atoms with Crippen LogP contribution in [0, 0.1) is 11.6 Å². The Balaban J connectivity index is 1.83. The van der Waals surface area contributed by atoms with E-state index in [0.29, 0.717) is 6.54 Å². The lowest BCUT2D eigenvalue weighted by atomic mass is 10.1. The first-order chi connectivity index (χ1) is 9.65. The van der Waals surface area contributed by atoms with E-state index in [1.165, 1.54) is 0 Å². The third kappa shape index (κ3) is 2.29. The summed E-state index contributed by atoms with van der Waals surface area (Å²) < 4.78 is 26.7. The fourth-order valence-electron chi connectivity index (χ4n) is 2.53. The zero-order valence-electron chi connectivity index (χ0n) is 10.8. The third-order valence-electron chi connectivity index (χ3n) is 3.54. The number of nitrogens with zero attached hydrogens (tertiary/aromatic N) is 1. The van der Waals surface area contributed by atoms with Gasteiger partial charge in [0.2, 0.25) is 5.91 Å². The number of carbonyl (C=O) groups excluding carboxylic acids is 1. The average molecular weight is 273 g/mol. The fraction of sp³-hybridized carbons (Fsp3) is 0.188. The van der Waals surface area contributed by atoms with Gasteiger partial charge in [0, 0.05) is 17.8 Å². The Hall–Kier alpha value is -2.23. The zero-order valence-corrected chi connectivity index (χ0v) is 10.8. The molecule has 0 N–H and O–H groups in total. The number of rotatable bonds is 2. The number of hydrogen-bond donors (Lipinski definition) is 0. The van der Waals surface area contributed by atoms with E-state index in [-0.39, 0.29) is 17.9 Å². The van der Waals surface area contributed by atoms with Crippen molar-refractivity contribution < 1.29 is 13.6 Å². The van der Waals surface area contributed by atoms with Gasteiger partial charge < -0.3 is 4.90 Å². The van der Waals surface area contributed by atoms with Crippen molar-refractivity contribution in [3.63, 3.8) is 0 Å². The number of anilines is 1. The van der Waals surface area contributed by atoms with Crippen molar-refractivity contribution in [2.24, 2.45) is 0 Å². The lowest BCUT2D eigenvalue weighted by Gasteiger charge is -2.17. The standard InChI is InChI=1S/C16H13F2NO/c17-13-5-6-14(18)12(9-13)10-16(20)19-8-7-11-3-1-2-4-15(11)19/h1-6,9H,7-8,10H2. The van der Waals surface area contributed by atoms with Crippen molar-refractivity contribution in [1.82, 2.24) is 0 Å². The predicted molar refractivity (Wildman–Crippen MR) is 72.6 cm³/mol. The molecule has 2 aromatic carbocycles. The van der Waals surface area contributed by atoms with Crippen LogP contribution in [0.5, 0.6) is 0 Å². The highest BCUT2D eigenvalue weighted by Gasteiger charge is 2.24. The van der Waals surface area contributed by atoms with Crippen LogP contribution in [0.3, 0.4) is 0 Å². The van der Waals surface area contributed by atoms with Gasteiger partial charge in [0.15, 0.2) is 0 Å². The monoisotopic (exact) mass is 273 g/mol. The average Bonchev–Trinajstić information content (AvgIpc) is 2.87. The summed E-state index contributed by atoms with van der Waals surface area (Å²) in [6.45, 7) is 0.592. The second kappa shape index (κ2) is 5.04. The zero-order chi connectivity index (χ0) is 14.1. The maximum absolute atomic E-state index is 13.6. The molecule has 2 aromatic rings. The first-order valence-electron chi connectivity index (χ1n) is 6.47. The predicted octanol–water partition coefficient (Wildman–Crippen LogP) is 3.10. The molecule has 0 fully saturated rings. The molecule has 0 spiro atoms. The maximum atomic E-state index is 13.6. The Morgan fingerprint density at radius 1 is 1.15 bits per heavy atom. The SMILES string of the molecule is O=C(Cc1cc(F)ccc1F)N1CCc2ccccc21. The summed E-state index contributed by atoms with van der Waals surface area (Å²) in [5.74, 6) is -1.29. The lowest BCUT2D eigenvalue weighted by Crippen LogP contribution is -2.30. The molecule has 0 atom stereocenters. The van der Waals surface area contributed by atoms with Crippen molar-refractivity contribution in [2.75, 3.05) is 11.4 Å². The van der Waals surface area contributed by atoms with Crippen molar-refractivity contribution in [3.8, 4) is 0 Å². The molecular weight excluding hydrogens is 260 g/mol. The van der Waals surface area contributed by atoms with Crippen LogP contribution < -0.4 is 4.90 Å². The summed E-state index contributed by atoms with van der Waals surface area (Å²) in [4.78, 5) is 13.9. The molecule has 0 unspecified atom stereocenters. The Labute approximate surface area is 115 Å². The van der Waals surface area contributed by atoms with Crippen LogP contribution >= 0.6 is 0 Å². The van der Waals surface area contributed by atoms with Crippen LogP contribution in [-0.4, -0.2) is 12.5 Å². The van der Waals surface area contributed by atoms with Gasteiger partial charge in [0.1, 0.15) is 11.6 Å². The molecule has 0 saturated heterocycles. The van der Waals surface area contributed by atoms with Gasteiger partial charge in [0.25, 0.3) is 0 Å². The summed E-state index contributed by atoms with van der Waals surface area (Å²) in [7, 11) is 0. The Morgan fingerprint density at radius 2 is 1.95 bits per heavy atom. The highest BCUT2D eigenvalue weighted by Crippen LogP contribution is 2.28. The Bertz CT molecular complexity index is 669. The smallest absolute Gasteiger partial charge is 0.231 e. The second-order valence-corrected chi connectivity index (χ2v) is 4.84. The van der Waals surface area contributed by atoms with E-state index in [9.17, 15) is 13.6 Å². The van der Waals surface area contributed by atoms with Gasteiger partial charge in [-0.1, -0.05) is 18.2 Å². The number of benzene rings is 2. The quantitative estimate of drug-likeness (QED) is 0.823. The largest absolute Gasteiger partial charge is 0.312 e. The van der Waals surface area contributed by atoms with E-state index in [0.717, 1.165) is 35.9 Å². The van der Waals surface area contributed by atoms with Crippen molar-refractivity contribution in [2.45, 2.75) is 12.8 Å².